The van der Waals surface area contributed by atoms with Gasteiger partial charge in [-0.05, 0) is 48.9 Å². The number of para-hydroxylation sites is 2. The lowest BCUT2D eigenvalue weighted by atomic mass is 10.2. The maximum absolute atomic E-state index is 12.2. The van der Waals surface area contributed by atoms with Gasteiger partial charge in [0.05, 0.1) is 18.0 Å². The van der Waals surface area contributed by atoms with Crippen LogP contribution in [-0.4, -0.2) is 17.6 Å². The van der Waals surface area contributed by atoms with Crippen molar-refractivity contribution in [3.8, 4) is 11.5 Å². The van der Waals surface area contributed by atoms with Crippen LogP contribution in [0.5, 0.6) is 11.5 Å². The van der Waals surface area contributed by atoms with Gasteiger partial charge in [-0.25, -0.2) is 4.79 Å². The Kier molecular flexibility index (Phi) is 6.84. The van der Waals surface area contributed by atoms with Crippen LogP contribution in [0.15, 0.2) is 72.9 Å². The van der Waals surface area contributed by atoms with E-state index in [9.17, 15) is 4.79 Å². The minimum absolute atomic E-state index is 0.289. The Morgan fingerprint density at radius 3 is 2.50 bits per heavy atom. The largest absolute Gasteiger partial charge is 0.492 e. The smallest absolute Gasteiger partial charge is 0.319 e. The fraction of sp³-hybridized carbons (Fsp3) is 0.182. The molecule has 6 nitrogen and oxygen atoms in total. The number of carbonyl (C=O) groups excluding carboxylic acids is 1. The number of amides is 2. The highest BCUT2D eigenvalue weighted by atomic mass is 16.5. The highest BCUT2D eigenvalue weighted by Gasteiger charge is 2.07. The number of urea groups is 1. The normalized spacial score (nSPS) is 10.2. The summed E-state index contributed by atoms with van der Waals surface area (Å²) in [7, 11) is 0. The zero-order valence-corrected chi connectivity index (χ0v) is 15.7. The number of pyridine rings is 1. The second kappa shape index (κ2) is 9.97. The third-order valence-electron chi connectivity index (χ3n) is 3.92. The van der Waals surface area contributed by atoms with Crippen LogP contribution < -0.4 is 20.1 Å². The average Bonchev–Trinajstić information content (AvgIpc) is 2.74. The molecule has 6 heteroatoms. The third-order valence-corrected chi connectivity index (χ3v) is 3.92. The molecule has 1 aromatic heterocycles. The Morgan fingerprint density at radius 1 is 0.964 bits per heavy atom. The summed E-state index contributed by atoms with van der Waals surface area (Å²) in [6.07, 6.45) is 1.74. The molecular weight excluding hydrogens is 354 g/mol. The minimum Gasteiger partial charge on any atom is -0.492 e. The van der Waals surface area contributed by atoms with E-state index in [1.54, 1.807) is 12.3 Å². The molecule has 144 valence electrons. The second-order valence-electron chi connectivity index (χ2n) is 5.99. The molecule has 0 atom stereocenters. The van der Waals surface area contributed by atoms with E-state index >= 15 is 0 Å². The molecule has 0 aliphatic heterocycles. The van der Waals surface area contributed by atoms with E-state index < -0.39 is 0 Å². The first-order chi connectivity index (χ1) is 13.7. The van der Waals surface area contributed by atoms with Crippen molar-refractivity contribution in [1.82, 2.24) is 10.3 Å². The number of aromatic nitrogens is 1. The van der Waals surface area contributed by atoms with Gasteiger partial charge in [0.25, 0.3) is 0 Å². The number of rotatable bonds is 8. The monoisotopic (exact) mass is 377 g/mol. The van der Waals surface area contributed by atoms with Crippen LogP contribution in [0.25, 0.3) is 0 Å². The summed E-state index contributed by atoms with van der Waals surface area (Å²) in [5, 5.41) is 5.65. The standard InChI is InChI=1S/C22H23N3O3/c1-2-27-21-9-4-3-8-20(21)25-22(26)24-15-17-10-12-19(13-11-17)28-16-18-7-5-6-14-23-18/h3-14H,2,15-16H2,1H3,(H2,24,25,26). The fourth-order valence-electron chi connectivity index (χ4n) is 2.54. The van der Waals surface area contributed by atoms with E-state index in [1.807, 2.05) is 67.6 Å². The number of nitrogens with one attached hydrogen (secondary N) is 2. The fourth-order valence-corrected chi connectivity index (χ4v) is 2.54. The number of hydrogen-bond donors (Lipinski definition) is 2. The van der Waals surface area contributed by atoms with Gasteiger partial charge in [0.15, 0.2) is 0 Å². The Balaban J connectivity index is 1.47. The Bertz CT molecular complexity index is 883. The number of benzene rings is 2. The number of carbonyl (C=O) groups is 1. The minimum atomic E-state index is -0.289. The third kappa shape index (κ3) is 5.74. The summed E-state index contributed by atoms with van der Waals surface area (Å²) in [4.78, 5) is 16.4. The molecule has 2 aromatic carbocycles. The van der Waals surface area contributed by atoms with E-state index in [2.05, 4.69) is 15.6 Å². The highest BCUT2D eigenvalue weighted by molar-refractivity contribution is 5.90. The van der Waals surface area contributed by atoms with Gasteiger partial charge in [-0.1, -0.05) is 30.3 Å². The predicted molar refractivity (Wildman–Crippen MR) is 108 cm³/mol. The molecule has 0 spiro atoms. The topological polar surface area (TPSA) is 72.5 Å². The van der Waals surface area contributed by atoms with Crippen molar-refractivity contribution in [2.24, 2.45) is 0 Å². The van der Waals surface area contributed by atoms with Crippen molar-refractivity contribution in [3.05, 3.63) is 84.2 Å². The van der Waals surface area contributed by atoms with E-state index in [0.29, 0.717) is 31.2 Å². The van der Waals surface area contributed by atoms with Gasteiger partial charge in [0, 0.05) is 12.7 Å². The maximum Gasteiger partial charge on any atom is 0.319 e. The van der Waals surface area contributed by atoms with E-state index in [0.717, 1.165) is 17.0 Å². The summed E-state index contributed by atoms with van der Waals surface area (Å²) in [5.74, 6) is 1.40. The number of hydrogen-bond acceptors (Lipinski definition) is 4. The van der Waals surface area contributed by atoms with Gasteiger partial charge in [0.2, 0.25) is 0 Å². The zero-order valence-electron chi connectivity index (χ0n) is 15.7. The van der Waals surface area contributed by atoms with Crippen molar-refractivity contribution in [2.75, 3.05) is 11.9 Å². The lowest BCUT2D eigenvalue weighted by molar-refractivity contribution is 0.251. The first-order valence-electron chi connectivity index (χ1n) is 9.13. The van der Waals surface area contributed by atoms with Crippen LogP contribution in [0.2, 0.25) is 0 Å². The van der Waals surface area contributed by atoms with Gasteiger partial charge < -0.3 is 20.1 Å². The van der Waals surface area contributed by atoms with E-state index in [-0.39, 0.29) is 6.03 Å². The second-order valence-corrected chi connectivity index (χ2v) is 5.99. The van der Waals surface area contributed by atoms with Gasteiger partial charge in [-0.3, -0.25) is 4.98 Å². The number of ether oxygens (including phenoxy) is 2. The van der Waals surface area contributed by atoms with Crippen molar-refractivity contribution >= 4 is 11.7 Å². The van der Waals surface area contributed by atoms with Crippen LogP contribution in [0.1, 0.15) is 18.2 Å². The summed E-state index contributed by atoms with van der Waals surface area (Å²) >= 11 is 0. The molecule has 28 heavy (non-hydrogen) atoms. The van der Waals surface area contributed by atoms with Crippen molar-refractivity contribution < 1.29 is 14.3 Å². The molecule has 0 aliphatic rings. The molecule has 0 saturated carbocycles. The van der Waals surface area contributed by atoms with Crippen molar-refractivity contribution in [1.29, 1.82) is 0 Å². The molecule has 0 fully saturated rings. The summed E-state index contributed by atoms with van der Waals surface area (Å²) in [5.41, 5.74) is 2.48. The van der Waals surface area contributed by atoms with E-state index in [1.165, 1.54) is 0 Å². The molecule has 0 saturated heterocycles. The Labute approximate surface area is 164 Å². The molecule has 2 N–H and O–H groups in total. The molecule has 0 radical (unpaired) electrons. The summed E-state index contributed by atoms with van der Waals surface area (Å²) in [6.45, 7) is 3.26. The first-order valence-corrected chi connectivity index (χ1v) is 9.13. The van der Waals surface area contributed by atoms with Crippen LogP contribution in [0.3, 0.4) is 0 Å². The van der Waals surface area contributed by atoms with E-state index in [4.69, 9.17) is 9.47 Å². The molecular formula is C22H23N3O3. The quantitative estimate of drug-likeness (QED) is 0.611. The Hall–Kier alpha value is -3.54. The number of nitrogens with zero attached hydrogens (tertiary/aromatic N) is 1. The van der Waals surface area contributed by atoms with Crippen LogP contribution >= 0.6 is 0 Å². The van der Waals surface area contributed by atoms with Crippen LogP contribution in [0, 0.1) is 0 Å². The maximum atomic E-state index is 12.2. The zero-order chi connectivity index (χ0) is 19.6. The molecule has 2 amide bonds. The molecule has 3 rings (SSSR count). The van der Waals surface area contributed by atoms with Gasteiger partial charge in [-0.2, -0.15) is 0 Å². The molecule has 3 aromatic rings. The molecule has 0 unspecified atom stereocenters. The summed E-state index contributed by atoms with van der Waals surface area (Å²) in [6, 6.07) is 20.4. The highest BCUT2D eigenvalue weighted by Crippen LogP contribution is 2.23. The lowest BCUT2D eigenvalue weighted by Gasteiger charge is -2.12. The molecule has 0 aliphatic carbocycles. The Morgan fingerprint density at radius 2 is 1.75 bits per heavy atom. The van der Waals surface area contributed by atoms with Crippen LogP contribution in [-0.2, 0) is 13.2 Å². The van der Waals surface area contributed by atoms with Crippen LogP contribution in [0.4, 0.5) is 10.5 Å². The average molecular weight is 377 g/mol. The van der Waals surface area contributed by atoms with Gasteiger partial charge in [-0.15, -0.1) is 0 Å². The van der Waals surface area contributed by atoms with Crippen molar-refractivity contribution in [3.63, 3.8) is 0 Å². The van der Waals surface area contributed by atoms with Crippen molar-refractivity contribution in [2.45, 2.75) is 20.1 Å². The molecule has 1 heterocycles. The number of anilines is 1. The first kappa shape index (κ1) is 19.2. The molecule has 0 bridgehead atoms. The predicted octanol–water partition coefficient (Wildman–Crippen LogP) is 4.38. The lowest BCUT2D eigenvalue weighted by Crippen LogP contribution is -2.28. The SMILES string of the molecule is CCOc1ccccc1NC(=O)NCc1ccc(OCc2ccccn2)cc1. The van der Waals surface area contributed by atoms with Gasteiger partial charge in [0.1, 0.15) is 18.1 Å². The summed E-state index contributed by atoms with van der Waals surface area (Å²) < 4.78 is 11.2. The van der Waals surface area contributed by atoms with Gasteiger partial charge >= 0.3 is 6.03 Å².